The van der Waals surface area contributed by atoms with Crippen molar-refractivity contribution in [1.29, 1.82) is 5.41 Å². The van der Waals surface area contributed by atoms with E-state index < -0.39 is 12.5 Å². The summed E-state index contributed by atoms with van der Waals surface area (Å²) in [5.41, 5.74) is 0.489. The Labute approximate surface area is 128 Å². The molecule has 0 spiro atoms. The van der Waals surface area contributed by atoms with Crippen LogP contribution in [0.3, 0.4) is 0 Å². The third-order valence-electron chi connectivity index (χ3n) is 2.65. The molecule has 1 fully saturated rings. The van der Waals surface area contributed by atoms with Crippen LogP contribution in [0.15, 0.2) is 17.0 Å². The van der Waals surface area contributed by atoms with E-state index >= 15 is 0 Å². The molecule has 0 saturated carbocycles. The number of methoxy groups -OCH3 is 2. The van der Waals surface area contributed by atoms with Crippen LogP contribution in [0.4, 0.5) is 8.78 Å². The van der Waals surface area contributed by atoms with Gasteiger partial charge in [-0.25, -0.2) is 0 Å². The van der Waals surface area contributed by atoms with Crippen LogP contribution in [0.25, 0.3) is 6.08 Å². The van der Waals surface area contributed by atoms with E-state index in [1.54, 1.807) is 0 Å². The minimum absolute atomic E-state index is 0.0211. The van der Waals surface area contributed by atoms with Gasteiger partial charge in [-0.15, -0.1) is 0 Å². The van der Waals surface area contributed by atoms with Crippen molar-refractivity contribution >= 4 is 28.9 Å². The van der Waals surface area contributed by atoms with Gasteiger partial charge in [-0.1, -0.05) is 0 Å². The van der Waals surface area contributed by atoms with Gasteiger partial charge in [-0.05, 0) is 35.5 Å². The summed E-state index contributed by atoms with van der Waals surface area (Å²) in [6, 6.07) is 2.87. The lowest BCUT2D eigenvalue weighted by Gasteiger charge is -2.14. The molecule has 0 atom stereocenters. The lowest BCUT2D eigenvalue weighted by atomic mass is 10.1. The zero-order valence-corrected chi connectivity index (χ0v) is 12.4. The molecule has 9 heteroatoms. The fraction of sp³-hybridized carbons (Fsp3) is 0.231. The molecule has 0 aromatic heterocycles. The summed E-state index contributed by atoms with van der Waals surface area (Å²) in [6.45, 7) is -3.02. The second-order valence-electron chi connectivity index (χ2n) is 4.03. The van der Waals surface area contributed by atoms with Gasteiger partial charge in [0.05, 0.1) is 19.1 Å². The van der Waals surface area contributed by atoms with Crippen molar-refractivity contribution < 1.29 is 27.8 Å². The van der Waals surface area contributed by atoms with E-state index in [2.05, 4.69) is 10.1 Å². The predicted molar refractivity (Wildman–Crippen MR) is 77.6 cm³/mol. The molecular weight excluding hydrogens is 318 g/mol. The number of ether oxygens (including phenoxy) is 3. The zero-order chi connectivity index (χ0) is 16.3. The van der Waals surface area contributed by atoms with Crippen molar-refractivity contribution in [2.45, 2.75) is 6.61 Å². The van der Waals surface area contributed by atoms with Gasteiger partial charge in [0.2, 0.25) is 5.75 Å². The molecule has 6 nitrogen and oxygen atoms in total. The van der Waals surface area contributed by atoms with Gasteiger partial charge in [-0.2, -0.15) is 8.78 Å². The van der Waals surface area contributed by atoms with Crippen LogP contribution >= 0.6 is 11.8 Å². The van der Waals surface area contributed by atoms with Gasteiger partial charge in [0, 0.05) is 0 Å². The fourth-order valence-electron chi connectivity index (χ4n) is 1.78. The van der Waals surface area contributed by atoms with Gasteiger partial charge in [0.25, 0.3) is 5.91 Å². The van der Waals surface area contributed by atoms with E-state index in [-0.39, 0.29) is 22.4 Å². The molecule has 1 aliphatic heterocycles. The van der Waals surface area contributed by atoms with Crippen LogP contribution < -0.4 is 19.5 Å². The Bertz CT molecular complexity index is 624. The Kier molecular flexibility index (Phi) is 4.86. The number of carbonyl (C=O) groups excluding carboxylic acids is 1. The van der Waals surface area contributed by atoms with Crippen molar-refractivity contribution in [3.8, 4) is 17.2 Å². The zero-order valence-electron chi connectivity index (χ0n) is 11.6. The first-order chi connectivity index (χ1) is 10.4. The number of amides is 1. The maximum atomic E-state index is 12.5. The third-order valence-corrected chi connectivity index (χ3v) is 3.48. The summed E-state index contributed by atoms with van der Waals surface area (Å²) in [4.78, 5) is 11.9. The molecule has 2 N–H and O–H groups in total. The molecule has 0 aliphatic carbocycles. The summed E-state index contributed by atoms with van der Waals surface area (Å²) >= 11 is 0.961. The summed E-state index contributed by atoms with van der Waals surface area (Å²) < 4.78 is 39.3. The quantitative estimate of drug-likeness (QED) is 0.811. The highest BCUT2D eigenvalue weighted by atomic mass is 32.2. The number of carbonyl (C=O) groups is 1. The number of halogens is 2. The van der Waals surface area contributed by atoms with Crippen LogP contribution in [0.2, 0.25) is 0 Å². The van der Waals surface area contributed by atoms with Crippen molar-refractivity contribution in [1.82, 2.24) is 5.32 Å². The first-order valence-corrected chi connectivity index (χ1v) is 6.76. The highest BCUT2D eigenvalue weighted by Gasteiger charge is 2.23. The number of hydrogen-bond donors (Lipinski definition) is 2. The Hall–Kier alpha value is -2.29. The van der Waals surface area contributed by atoms with Crippen molar-refractivity contribution in [2.75, 3.05) is 14.2 Å². The summed E-state index contributed by atoms with van der Waals surface area (Å²) in [5.74, 6) is -0.533. The Balaban J connectivity index is 2.44. The Morgan fingerprint density at radius 2 is 1.86 bits per heavy atom. The summed E-state index contributed by atoms with van der Waals surface area (Å²) in [6.07, 6.45) is 1.50. The van der Waals surface area contributed by atoms with E-state index in [1.807, 2.05) is 0 Å². The van der Waals surface area contributed by atoms with E-state index in [9.17, 15) is 13.6 Å². The molecule has 0 radical (unpaired) electrons. The minimum atomic E-state index is -3.02. The first-order valence-electron chi connectivity index (χ1n) is 5.95. The van der Waals surface area contributed by atoms with Crippen molar-refractivity contribution in [3.63, 3.8) is 0 Å². The molecule has 1 aromatic rings. The molecule has 2 rings (SSSR count). The van der Waals surface area contributed by atoms with Gasteiger partial charge in [-0.3, -0.25) is 10.2 Å². The van der Waals surface area contributed by atoms with Gasteiger partial charge >= 0.3 is 6.61 Å². The van der Waals surface area contributed by atoms with Gasteiger partial charge in [0.15, 0.2) is 16.7 Å². The molecule has 22 heavy (non-hydrogen) atoms. The smallest absolute Gasteiger partial charge is 0.387 e. The third kappa shape index (κ3) is 3.48. The lowest BCUT2D eigenvalue weighted by molar-refractivity contribution is -0.115. The number of amidine groups is 1. The molecule has 0 unspecified atom stereocenters. The Morgan fingerprint density at radius 3 is 2.27 bits per heavy atom. The van der Waals surface area contributed by atoms with Crippen LogP contribution in [-0.2, 0) is 4.79 Å². The number of rotatable bonds is 5. The van der Waals surface area contributed by atoms with Gasteiger partial charge < -0.3 is 19.5 Å². The van der Waals surface area contributed by atoms with Crippen LogP contribution in [0, 0.1) is 5.41 Å². The monoisotopic (exact) mass is 330 g/mol. The number of alkyl halides is 2. The van der Waals surface area contributed by atoms with Crippen molar-refractivity contribution in [2.24, 2.45) is 0 Å². The SMILES string of the molecule is COc1cc(/C=C2/SC(=N)NC2=O)cc(OC)c1OC(F)F. The number of thioether (sulfide) groups is 1. The van der Waals surface area contributed by atoms with Crippen LogP contribution in [0.5, 0.6) is 17.2 Å². The normalized spacial score (nSPS) is 16.1. The van der Waals surface area contributed by atoms with Crippen LogP contribution in [0.1, 0.15) is 5.56 Å². The van der Waals surface area contributed by atoms with E-state index in [0.717, 1.165) is 11.8 Å². The predicted octanol–water partition coefficient (Wildman–Crippen LogP) is 2.44. The summed E-state index contributed by atoms with van der Waals surface area (Å²) in [7, 11) is 2.60. The topological polar surface area (TPSA) is 80.6 Å². The number of benzene rings is 1. The van der Waals surface area contributed by atoms with Crippen molar-refractivity contribution in [3.05, 3.63) is 22.6 Å². The lowest BCUT2D eigenvalue weighted by Crippen LogP contribution is -2.18. The maximum Gasteiger partial charge on any atom is 0.387 e. The second kappa shape index (κ2) is 6.65. The van der Waals surface area contributed by atoms with Gasteiger partial charge in [0.1, 0.15) is 0 Å². The van der Waals surface area contributed by atoms with E-state index in [1.165, 1.54) is 32.4 Å². The highest BCUT2D eigenvalue weighted by Crippen LogP contribution is 2.40. The molecule has 0 bridgehead atoms. The van der Waals surface area contributed by atoms with E-state index in [4.69, 9.17) is 14.9 Å². The summed E-state index contributed by atoms with van der Waals surface area (Å²) in [5, 5.41) is 9.74. The highest BCUT2D eigenvalue weighted by molar-refractivity contribution is 8.18. The number of nitrogens with one attached hydrogen (secondary N) is 2. The van der Waals surface area contributed by atoms with Crippen LogP contribution in [-0.4, -0.2) is 31.9 Å². The average molecular weight is 330 g/mol. The second-order valence-corrected chi connectivity index (χ2v) is 5.08. The molecule has 1 amide bonds. The molecule has 1 saturated heterocycles. The Morgan fingerprint density at radius 1 is 1.27 bits per heavy atom. The molecule has 1 heterocycles. The standard InChI is InChI=1S/C13H12F2N2O4S/c1-19-7-3-6(5-9-11(18)17-13(16)22-9)4-8(20-2)10(7)21-12(14)15/h3-5,12H,1-2H3,(H2,16,17,18)/b9-5+. The molecule has 1 aliphatic rings. The number of hydrogen-bond acceptors (Lipinski definition) is 6. The fourth-order valence-corrected chi connectivity index (χ4v) is 2.48. The molecule has 1 aromatic carbocycles. The largest absolute Gasteiger partial charge is 0.493 e. The molecular formula is C13H12F2N2O4S. The maximum absolute atomic E-state index is 12.5. The molecule has 118 valence electrons. The first kappa shape index (κ1) is 16.1. The van der Waals surface area contributed by atoms with E-state index in [0.29, 0.717) is 10.5 Å². The average Bonchev–Trinajstić information content (AvgIpc) is 2.77. The minimum Gasteiger partial charge on any atom is -0.493 e.